The Morgan fingerprint density at radius 1 is 1.52 bits per heavy atom. The lowest BCUT2D eigenvalue weighted by atomic mass is 10.2. The molecular formula is C11H12BrClFNO4S2. The highest BCUT2D eigenvalue weighted by Crippen LogP contribution is 2.28. The second-order valence-corrected chi connectivity index (χ2v) is 9.41. The molecule has 1 rings (SSSR count). The molecule has 0 fully saturated rings. The Morgan fingerprint density at radius 3 is 2.57 bits per heavy atom. The molecule has 0 bridgehead atoms. The molecule has 2 atom stereocenters. The van der Waals surface area contributed by atoms with Crippen LogP contribution in [0.4, 0.5) is 4.39 Å². The third-order valence-electron chi connectivity index (χ3n) is 2.65. The highest BCUT2D eigenvalue weighted by atomic mass is 79.9. The van der Waals surface area contributed by atoms with Gasteiger partial charge in [-0.2, -0.15) is 0 Å². The fraction of sp³-hybridized carbons (Fsp3) is 0.364. The largest absolute Gasteiger partial charge is 0.351 e. The summed E-state index contributed by atoms with van der Waals surface area (Å²) in [6, 6.07) is 1.70. The van der Waals surface area contributed by atoms with Crippen LogP contribution in [0.15, 0.2) is 21.5 Å². The van der Waals surface area contributed by atoms with E-state index in [0.717, 1.165) is 12.1 Å². The third-order valence-corrected chi connectivity index (χ3v) is 6.23. The number of rotatable bonds is 5. The molecule has 1 N–H and O–H groups in total. The molecule has 0 heterocycles. The van der Waals surface area contributed by atoms with E-state index in [9.17, 15) is 21.8 Å². The van der Waals surface area contributed by atoms with Crippen molar-refractivity contribution < 1.29 is 21.8 Å². The lowest BCUT2D eigenvalue weighted by molar-refractivity contribution is 0.0950. The molecule has 0 radical (unpaired) electrons. The van der Waals surface area contributed by atoms with Crippen molar-refractivity contribution in [2.45, 2.75) is 17.1 Å². The lowest BCUT2D eigenvalue weighted by Crippen LogP contribution is -2.33. The minimum Gasteiger partial charge on any atom is -0.351 e. The van der Waals surface area contributed by atoms with Crippen molar-refractivity contribution >= 4 is 52.4 Å². The summed E-state index contributed by atoms with van der Waals surface area (Å²) in [6.07, 6.45) is 1.48. The van der Waals surface area contributed by atoms with Crippen molar-refractivity contribution in [3.63, 3.8) is 0 Å². The first-order valence-corrected chi connectivity index (χ1v) is 10.3. The maximum atomic E-state index is 13.8. The second kappa shape index (κ2) is 7.17. The average Bonchev–Trinajstić information content (AvgIpc) is 2.33. The van der Waals surface area contributed by atoms with Gasteiger partial charge in [0.05, 0.1) is 10.5 Å². The molecule has 1 amide bonds. The first kappa shape index (κ1) is 18.5. The van der Waals surface area contributed by atoms with Crippen LogP contribution < -0.4 is 5.32 Å². The number of nitrogens with one attached hydrogen (secondary N) is 1. The molecule has 118 valence electrons. The van der Waals surface area contributed by atoms with Crippen LogP contribution in [0.5, 0.6) is 0 Å². The number of carbonyl (C=O) groups is 1. The molecule has 1 aromatic rings. The molecule has 0 saturated heterocycles. The van der Waals surface area contributed by atoms with Gasteiger partial charge in [0.25, 0.3) is 15.0 Å². The van der Waals surface area contributed by atoms with E-state index in [1.165, 1.54) is 6.26 Å². The molecule has 10 heteroatoms. The van der Waals surface area contributed by atoms with Crippen LogP contribution in [0, 0.1) is 5.82 Å². The van der Waals surface area contributed by atoms with Gasteiger partial charge in [-0.25, -0.2) is 12.8 Å². The van der Waals surface area contributed by atoms with Crippen LogP contribution in [0.2, 0.25) is 0 Å². The maximum absolute atomic E-state index is 13.8. The van der Waals surface area contributed by atoms with Crippen molar-refractivity contribution in [1.29, 1.82) is 0 Å². The smallest absolute Gasteiger partial charge is 0.262 e. The zero-order valence-corrected chi connectivity index (χ0v) is 15.0. The van der Waals surface area contributed by atoms with Gasteiger partial charge in [0.1, 0.15) is 5.82 Å². The van der Waals surface area contributed by atoms with E-state index in [0.29, 0.717) is 0 Å². The SMILES string of the molecule is CC(CNC(=O)c1cc(S(=O)(=O)Cl)c(Br)cc1F)S(C)=O. The monoisotopic (exact) mass is 419 g/mol. The molecule has 0 saturated carbocycles. The lowest BCUT2D eigenvalue weighted by Gasteiger charge is -2.11. The molecule has 0 spiro atoms. The number of hydrogen-bond acceptors (Lipinski definition) is 4. The van der Waals surface area contributed by atoms with E-state index in [2.05, 4.69) is 21.2 Å². The molecule has 5 nitrogen and oxygen atoms in total. The molecular weight excluding hydrogens is 409 g/mol. The topological polar surface area (TPSA) is 80.3 Å². The van der Waals surface area contributed by atoms with Crippen LogP contribution in [0.3, 0.4) is 0 Å². The Hall–Kier alpha value is -0.510. The predicted octanol–water partition coefficient (Wildman–Crippen LogP) is 2.01. The highest BCUT2D eigenvalue weighted by Gasteiger charge is 2.21. The number of benzene rings is 1. The molecule has 2 unspecified atom stereocenters. The van der Waals surface area contributed by atoms with Gasteiger partial charge in [0, 0.05) is 44.0 Å². The Bertz CT molecular complexity index is 696. The number of halogens is 3. The molecule has 0 aliphatic heterocycles. The summed E-state index contributed by atoms with van der Waals surface area (Å²) >= 11 is 2.87. The third kappa shape index (κ3) is 5.01. The zero-order valence-electron chi connectivity index (χ0n) is 11.0. The summed E-state index contributed by atoms with van der Waals surface area (Å²) < 4.78 is 47.5. The Morgan fingerprint density at radius 2 is 2.10 bits per heavy atom. The minimum absolute atomic E-state index is 0.0698. The van der Waals surface area contributed by atoms with Gasteiger partial charge in [-0.05, 0) is 35.0 Å². The molecule has 0 aromatic heterocycles. The normalized spacial score (nSPS) is 14.5. The summed E-state index contributed by atoms with van der Waals surface area (Å²) in [5.41, 5.74) is -0.452. The fourth-order valence-electron chi connectivity index (χ4n) is 1.34. The summed E-state index contributed by atoms with van der Waals surface area (Å²) in [5.74, 6) is -1.70. The van der Waals surface area contributed by atoms with Gasteiger partial charge in [0.15, 0.2) is 0 Å². The van der Waals surface area contributed by atoms with Gasteiger partial charge >= 0.3 is 0 Å². The van der Waals surface area contributed by atoms with Crippen molar-refractivity contribution in [2.24, 2.45) is 0 Å². The molecule has 0 aliphatic carbocycles. The van der Waals surface area contributed by atoms with E-state index in [4.69, 9.17) is 10.7 Å². The van der Waals surface area contributed by atoms with E-state index in [1.807, 2.05) is 0 Å². The van der Waals surface area contributed by atoms with Crippen LogP contribution in [-0.2, 0) is 19.9 Å². The maximum Gasteiger partial charge on any atom is 0.262 e. The quantitative estimate of drug-likeness (QED) is 0.739. The van der Waals surface area contributed by atoms with Gasteiger partial charge < -0.3 is 5.32 Å². The van der Waals surface area contributed by atoms with E-state index in [-0.39, 0.29) is 16.3 Å². The standard InChI is InChI=1S/C11H12BrClFNO4S2/c1-6(20(2)17)5-15-11(16)7-3-10(21(13,18)19)8(12)4-9(7)14/h3-4,6H,5H2,1-2H3,(H,15,16). The zero-order chi connectivity index (χ0) is 16.4. The average molecular weight is 421 g/mol. The van der Waals surface area contributed by atoms with Crippen LogP contribution in [0.1, 0.15) is 17.3 Å². The number of hydrogen-bond donors (Lipinski definition) is 1. The second-order valence-electron chi connectivity index (χ2n) is 4.22. The van der Waals surface area contributed by atoms with Gasteiger partial charge in [-0.3, -0.25) is 9.00 Å². The molecule has 0 aliphatic rings. The van der Waals surface area contributed by atoms with Gasteiger partial charge in [-0.1, -0.05) is 0 Å². The van der Waals surface area contributed by atoms with Crippen molar-refractivity contribution in [3.8, 4) is 0 Å². The van der Waals surface area contributed by atoms with Crippen LogP contribution >= 0.6 is 26.6 Å². The highest BCUT2D eigenvalue weighted by molar-refractivity contribution is 9.10. The summed E-state index contributed by atoms with van der Waals surface area (Å²) in [6.45, 7) is 1.73. The Labute approximate surface area is 137 Å². The van der Waals surface area contributed by atoms with E-state index < -0.39 is 42.0 Å². The van der Waals surface area contributed by atoms with Gasteiger partial charge in [0.2, 0.25) is 0 Å². The summed E-state index contributed by atoms with van der Waals surface area (Å²) in [7, 11) is -0.0548. The first-order chi connectivity index (χ1) is 9.54. The van der Waals surface area contributed by atoms with Crippen molar-refractivity contribution in [1.82, 2.24) is 5.32 Å². The summed E-state index contributed by atoms with van der Waals surface area (Å²) in [5, 5.41) is 2.08. The number of amides is 1. The predicted molar refractivity (Wildman–Crippen MR) is 83.0 cm³/mol. The summed E-state index contributed by atoms with van der Waals surface area (Å²) in [4.78, 5) is 11.5. The van der Waals surface area contributed by atoms with Crippen LogP contribution in [0.25, 0.3) is 0 Å². The van der Waals surface area contributed by atoms with Crippen molar-refractivity contribution in [3.05, 3.63) is 28.0 Å². The van der Waals surface area contributed by atoms with E-state index in [1.54, 1.807) is 6.92 Å². The number of carbonyl (C=O) groups excluding carboxylic acids is 1. The molecule has 1 aromatic carbocycles. The van der Waals surface area contributed by atoms with Gasteiger partial charge in [-0.15, -0.1) is 0 Å². The Balaban J connectivity index is 3.08. The fourth-order valence-corrected chi connectivity index (χ4v) is 3.82. The van der Waals surface area contributed by atoms with Crippen molar-refractivity contribution in [2.75, 3.05) is 12.8 Å². The molecule has 21 heavy (non-hydrogen) atoms. The van der Waals surface area contributed by atoms with E-state index >= 15 is 0 Å². The first-order valence-electron chi connectivity index (χ1n) is 5.58. The Kier molecular flexibility index (Phi) is 6.33. The minimum atomic E-state index is -4.12. The van der Waals surface area contributed by atoms with Crippen LogP contribution in [-0.4, -0.2) is 36.6 Å².